The van der Waals surface area contributed by atoms with Crippen LogP contribution in [0.15, 0.2) is 36.4 Å². The number of fused-ring (bicyclic) bond motifs is 3. The van der Waals surface area contributed by atoms with Gasteiger partial charge in [0.05, 0.1) is 23.6 Å². The minimum Gasteiger partial charge on any atom is -0.481 e. The summed E-state index contributed by atoms with van der Waals surface area (Å²) in [7, 11) is 1.72. The molecule has 2 bridgehead atoms. The Morgan fingerprint density at radius 3 is 2.44 bits per heavy atom. The minimum absolute atomic E-state index is 0.0256. The number of anilines is 4. The molecule has 4 heterocycles. The number of hydrogen-bond acceptors (Lipinski definition) is 5. The van der Waals surface area contributed by atoms with Crippen LogP contribution >= 0.6 is 0 Å². The molecular weight excluding hydrogens is 349 g/mol. The quantitative estimate of drug-likeness (QED) is 0.902. The number of ether oxygens (including phenoxy) is 2. The number of nitrogens with one attached hydrogen (secondary N) is 1. The Bertz CT molecular complexity index is 903. The number of piperidine rings is 1. The highest BCUT2D eigenvalue weighted by Crippen LogP contribution is 2.36. The molecular formula is C20H20FN3O3. The number of amides is 1. The van der Waals surface area contributed by atoms with Crippen molar-refractivity contribution in [2.24, 2.45) is 0 Å². The summed E-state index contributed by atoms with van der Waals surface area (Å²) < 4.78 is 25.8. The third-order valence-corrected chi connectivity index (χ3v) is 5.38. The Labute approximate surface area is 156 Å². The van der Waals surface area contributed by atoms with E-state index in [0.29, 0.717) is 17.1 Å². The van der Waals surface area contributed by atoms with Crippen molar-refractivity contribution < 1.29 is 18.7 Å². The number of morpholine rings is 1. The largest absolute Gasteiger partial charge is 0.481 e. The van der Waals surface area contributed by atoms with Gasteiger partial charge in [-0.1, -0.05) is 0 Å². The van der Waals surface area contributed by atoms with Crippen molar-refractivity contribution >= 4 is 28.7 Å². The second-order valence-corrected chi connectivity index (χ2v) is 7.24. The van der Waals surface area contributed by atoms with Gasteiger partial charge in [-0.25, -0.2) is 4.39 Å². The molecule has 0 saturated carbocycles. The van der Waals surface area contributed by atoms with E-state index in [1.165, 1.54) is 6.07 Å². The van der Waals surface area contributed by atoms with Crippen LogP contribution in [0.5, 0.6) is 5.75 Å². The van der Waals surface area contributed by atoms with Gasteiger partial charge in [-0.2, -0.15) is 0 Å². The third-order valence-electron chi connectivity index (χ3n) is 5.38. The zero-order valence-electron chi connectivity index (χ0n) is 14.9. The summed E-state index contributed by atoms with van der Waals surface area (Å²) in [6.45, 7) is 1.51. The zero-order chi connectivity index (χ0) is 18.5. The maximum atomic E-state index is 14.7. The maximum Gasteiger partial charge on any atom is 0.264 e. The molecule has 6 rings (SSSR count). The fourth-order valence-corrected chi connectivity index (χ4v) is 3.92. The molecule has 1 N–H and O–H groups in total. The zero-order valence-corrected chi connectivity index (χ0v) is 14.9. The van der Waals surface area contributed by atoms with E-state index in [0.717, 1.165) is 30.9 Å². The summed E-state index contributed by atoms with van der Waals surface area (Å²) in [6.07, 6.45) is 1.56. The first kappa shape index (κ1) is 16.4. The van der Waals surface area contributed by atoms with Crippen molar-refractivity contribution in [3.05, 3.63) is 42.2 Å². The first-order valence-corrected chi connectivity index (χ1v) is 9.07. The topological polar surface area (TPSA) is 54.0 Å². The molecule has 3 fully saturated rings. The smallest absolute Gasteiger partial charge is 0.264 e. The normalized spacial score (nSPS) is 23.4. The highest BCUT2D eigenvalue weighted by atomic mass is 19.1. The molecule has 0 aliphatic carbocycles. The van der Waals surface area contributed by atoms with Crippen LogP contribution in [-0.4, -0.2) is 44.9 Å². The van der Waals surface area contributed by atoms with Crippen LogP contribution in [0.1, 0.15) is 6.42 Å². The third kappa shape index (κ3) is 2.88. The van der Waals surface area contributed by atoms with Crippen molar-refractivity contribution in [2.75, 3.05) is 41.9 Å². The number of nitrogens with zero attached hydrogens (tertiary/aromatic N) is 2. The number of likely N-dealkylation sites (N-methyl/N-ethyl adjacent to an activating group) is 1. The summed E-state index contributed by atoms with van der Waals surface area (Å²) in [5, 5.41) is 3.20. The van der Waals surface area contributed by atoms with Crippen LogP contribution in [0.3, 0.4) is 0 Å². The molecule has 7 heteroatoms. The number of carbonyl (C=O) groups is 1. The van der Waals surface area contributed by atoms with Gasteiger partial charge in [-0.05, 0) is 30.3 Å². The van der Waals surface area contributed by atoms with Crippen molar-refractivity contribution in [1.82, 2.24) is 0 Å². The molecule has 2 unspecified atom stereocenters. The summed E-state index contributed by atoms with van der Waals surface area (Å²) in [5.74, 6) is 0.300. The summed E-state index contributed by atoms with van der Waals surface area (Å²) >= 11 is 0. The lowest BCUT2D eigenvalue weighted by Crippen LogP contribution is -2.57. The fraction of sp³-hybridized carbons (Fsp3) is 0.350. The Balaban J connectivity index is 1.34. The first-order valence-electron chi connectivity index (χ1n) is 9.07. The number of halogens is 1. The minimum atomic E-state index is -0.249. The Morgan fingerprint density at radius 1 is 1.07 bits per heavy atom. The predicted molar refractivity (Wildman–Crippen MR) is 101 cm³/mol. The van der Waals surface area contributed by atoms with Crippen molar-refractivity contribution in [2.45, 2.75) is 18.6 Å². The first-order chi connectivity index (χ1) is 13.1. The van der Waals surface area contributed by atoms with Gasteiger partial charge in [0.2, 0.25) is 0 Å². The van der Waals surface area contributed by atoms with Gasteiger partial charge in [0.1, 0.15) is 11.6 Å². The van der Waals surface area contributed by atoms with Gasteiger partial charge in [-0.3, -0.25) is 4.79 Å². The number of hydrogen-bond donors (Lipinski definition) is 1. The Kier molecular flexibility index (Phi) is 3.72. The van der Waals surface area contributed by atoms with E-state index in [9.17, 15) is 9.18 Å². The lowest BCUT2D eigenvalue weighted by molar-refractivity contribution is -0.133. The number of rotatable bonds is 3. The molecule has 0 aromatic heterocycles. The Morgan fingerprint density at radius 2 is 1.74 bits per heavy atom. The molecule has 2 aromatic carbocycles. The van der Waals surface area contributed by atoms with Crippen molar-refractivity contribution in [3.63, 3.8) is 0 Å². The van der Waals surface area contributed by atoms with E-state index >= 15 is 0 Å². The molecule has 27 heavy (non-hydrogen) atoms. The van der Waals surface area contributed by atoms with Crippen LogP contribution in [0.25, 0.3) is 0 Å². The highest BCUT2D eigenvalue weighted by Gasteiger charge is 2.38. The highest BCUT2D eigenvalue weighted by molar-refractivity contribution is 5.97. The monoisotopic (exact) mass is 369 g/mol. The molecule has 4 aliphatic heterocycles. The van der Waals surface area contributed by atoms with E-state index in [1.54, 1.807) is 11.9 Å². The van der Waals surface area contributed by atoms with Crippen LogP contribution in [0.2, 0.25) is 0 Å². The number of carbonyl (C=O) groups excluding carboxylic acids is 1. The molecule has 0 spiro atoms. The second-order valence-electron chi connectivity index (χ2n) is 7.24. The van der Waals surface area contributed by atoms with Crippen molar-refractivity contribution in [3.8, 4) is 5.75 Å². The van der Waals surface area contributed by atoms with E-state index in [4.69, 9.17) is 9.47 Å². The lowest BCUT2D eigenvalue weighted by atomic mass is 9.98. The molecule has 2 aromatic rings. The van der Waals surface area contributed by atoms with E-state index in [1.807, 2.05) is 30.3 Å². The van der Waals surface area contributed by atoms with Gasteiger partial charge in [0, 0.05) is 44.0 Å². The van der Waals surface area contributed by atoms with E-state index in [2.05, 4.69) is 10.2 Å². The molecule has 4 aliphatic rings. The Hall–Kier alpha value is -2.80. The van der Waals surface area contributed by atoms with Crippen LogP contribution in [-0.2, 0) is 9.53 Å². The molecule has 0 radical (unpaired) electrons. The molecule has 1 amide bonds. The molecule has 2 atom stereocenters. The standard InChI is InChI=1S/C20H20FN3O3/c1-23-18-5-3-13(7-19(18)26-11-20(23)25)22-12-2-4-17(16(21)6-12)24-9-14-8-15(10-24)27-14/h2-7,14-15,22H,8-11H2,1H3. The summed E-state index contributed by atoms with van der Waals surface area (Å²) in [6, 6.07) is 10.7. The SMILES string of the molecule is CN1C(=O)COc2cc(Nc3ccc(N4CC5CC(C4)O5)c(F)c3)ccc21. The predicted octanol–water partition coefficient (Wildman–Crippen LogP) is 2.90. The van der Waals surface area contributed by atoms with Crippen LogP contribution < -0.4 is 19.9 Å². The van der Waals surface area contributed by atoms with E-state index in [-0.39, 0.29) is 30.5 Å². The van der Waals surface area contributed by atoms with Gasteiger partial charge in [-0.15, -0.1) is 0 Å². The van der Waals surface area contributed by atoms with Gasteiger partial charge < -0.3 is 24.6 Å². The molecule has 6 nitrogen and oxygen atoms in total. The van der Waals surface area contributed by atoms with E-state index < -0.39 is 0 Å². The average Bonchev–Trinajstić information content (AvgIpc) is 2.64. The maximum absolute atomic E-state index is 14.7. The fourth-order valence-electron chi connectivity index (χ4n) is 3.92. The lowest BCUT2D eigenvalue weighted by Gasteiger charge is -2.48. The average molecular weight is 369 g/mol. The van der Waals surface area contributed by atoms with Crippen molar-refractivity contribution in [1.29, 1.82) is 0 Å². The molecule has 140 valence electrons. The summed E-state index contributed by atoms with van der Waals surface area (Å²) in [4.78, 5) is 15.3. The second kappa shape index (κ2) is 6.13. The van der Waals surface area contributed by atoms with Gasteiger partial charge >= 0.3 is 0 Å². The van der Waals surface area contributed by atoms with Gasteiger partial charge in [0.25, 0.3) is 5.91 Å². The molecule has 3 saturated heterocycles. The van der Waals surface area contributed by atoms with Crippen LogP contribution in [0.4, 0.5) is 27.1 Å². The van der Waals surface area contributed by atoms with Crippen LogP contribution in [0, 0.1) is 5.82 Å². The number of benzene rings is 2. The van der Waals surface area contributed by atoms with Gasteiger partial charge in [0.15, 0.2) is 6.61 Å². The summed E-state index contributed by atoms with van der Waals surface area (Å²) in [5.41, 5.74) is 2.78.